The maximum Gasteiger partial charge on any atom is 0.264 e. The van der Waals surface area contributed by atoms with Gasteiger partial charge in [0, 0.05) is 43.3 Å². The van der Waals surface area contributed by atoms with Crippen molar-refractivity contribution in [3.8, 4) is 11.1 Å². The van der Waals surface area contributed by atoms with Gasteiger partial charge in [0.25, 0.3) is 6.71 Å². The summed E-state index contributed by atoms with van der Waals surface area (Å²) in [5.74, 6) is 2.10. The molecule has 2 aliphatic heterocycles. The van der Waals surface area contributed by atoms with Crippen molar-refractivity contribution in [1.29, 1.82) is 0 Å². The summed E-state index contributed by atoms with van der Waals surface area (Å²) in [6, 6.07) is 38.5. The van der Waals surface area contributed by atoms with Gasteiger partial charge in [-0.05, 0) is 214 Å². The van der Waals surface area contributed by atoms with Crippen LogP contribution in [0.2, 0.25) is 0 Å². The Hall–Kier alpha value is -5.06. The van der Waals surface area contributed by atoms with E-state index >= 15 is 0 Å². The summed E-state index contributed by atoms with van der Waals surface area (Å²) in [7, 11) is 0. The van der Waals surface area contributed by atoms with Gasteiger partial charge in [0.2, 0.25) is 0 Å². The van der Waals surface area contributed by atoms with Gasteiger partial charge in [0.1, 0.15) is 0 Å². The van der Waals surface area contributed by atoms with E-state index in [1.807, 2.05) is 0 Å². The number of hydrogen-bond acceptors (Lipinski definition) is 3. The molecule has 0 saturated heterocycles. The predicted molar refractivity (Wildman–Crippen MR) is 332 cm³/mol. The Bertz CT molecular complexity index is 3560. The molecule has 76 heavy (non-hydrogen) atoms. The summed E-state index contributed by atoms with van der Waals surface area (Å²) in [4.78, 5) is 5.57. The van der Waals surface area contributed by atoms with Crippen molar-refractivity contribution in [2.75, 3.05) is 9.80 Å². The number of rotatable bonds is 3. The van der Waals surface area contributed by atoms with Crippen molar-refractivity contribution in [3.05, 3.63) is 147 Å². The maximum absolute atomic E-state index is 2.81. The van der Waals surface area contributed by atoms with Crippen molar-refractivity contribution in [2.45, 2.75) is 219 Å². The minimum absolute atomic E-state index is 0.000609. The fourth-order valence-corrected chi connectivity index (χ4v) is 17.2. The van der Waals surface area contributed by atoms with Crippen LogP contribution < -0.4 is 25.5 Å². The molecule has 0 amide bonds. The monoisotopic (exact) mass is 1020 g/mol. The van der Waals surface area contributed by atoms with Crippen molar-refractivity contribution >= 4 is 78.0 Å². The first-order valence-corrected chi connectivity index (χ1v) is 30.4. The molecule has 0 fully saturated rings. The second-order valence-electron chi connectivity index (χ2n) is 29.9. The van der Waals surface area contributed by atoms with Crippen LogP contribution in [-0.2, 0) is 32.5 Å². The molecule has 2 nitrogen and oxygen atoms in total. The zero-order chi connectivity index (χ0) is 53.9. The standard InChI is InChI=1S/C72H85BN2S/c1-40-42(3)61-49(40)37-50-41(2)43(4)62(50)63(61)44-33-58-64-59(34-44)75(47-24-21-45(22-25-47)67(5,6)7)65-51-35-46(68(8,9)10)23-28-60(51)76-66(65)73(64)56-38-54-55(72(17,18)32-20-31-71(54,15)16)39-57(56)74(58)48-26-27-52-53(36-48)70(13,14)30-19-29-69(52,11)12/h21-28,33-43H,19-20,29-32H2,1-18H3. The van der Waals surface area contributed by atoms with Crippen molar-refractivity contribution in [1.82, 2.24) is 0 Å². The Labute approximate surface area is 462 Å². The minimum atomic E-state index is -0.000609. The third kappa shape index (κ3) is 7.15. The number of nitrogens with zero attached hydrogens (tertiary/aromatic N) is 2. The molecule has 4 atom stereocenters. The molecule has 1 aromatic heterocycles. The highest BCUT2D eigenvalue weighted by atomic mass is 32.1. The molecule has 0 saturated carbocycles. The molecule has 0 bridgehead atoms. The van der Waals surface area contributed by atoms with Crippen molar-refractivity contribution in [2.24, 2.45) is 0 Å². The number of thiophene rings is 1. The number of hydrogen-bond donors (Lipinski definition) is 0. The molecule has 0 N–H and O–H groups in total. The van der Waals surface area contributed by atoms with Crippen LogP contribution in [0.4, 0.5) is 34.1 Å². The van der Waals surface area contributed by atoms with Gasteiger partial charge >= 0.3 is 0 Å². The van der Waals surface area contributed by atoms with Crippen LogP contribution in [0.15, 0.2) is 91.0 Å². The van der Waals surface area contributed by atoms with Crippen LogP contribution >= 0.6 is 11.3 Å². The highest BCUT2D eigenvalue weighted by Crippen LogP contribution is 2.61. The SMILES string of the molecule is CC1c2cc3c(c(-c4cc5c6c(c4)N(c4ccc(C(C)(C)C)cc4)c4c(sc7ccc(C(C)(C)C)cc47)B6c4cc6c(cc4N5c4ccc5c(c4)C(C)(C)CCCC5(C)C)C(C)(C)CCCC6(C)C)c2C1C)C(C)C3C. The van der Waals surface area contributed by atoms with Gasteiger partial charge in [-0.1, -0.05) is 174 Å². The second-order valence-corrected chi connectivity index (χ2v) is 31.0. The van der Waals surface area contributed by atoms with Crippen LogP contribution in [0.3, 0.4) is 0 Å². The van der Waals surface area contributed by atoms with E-state index in [9.17, 15) is 0 Å². The number of benzene rings is 6. The fourth-order valence-electron chi connectivity index (χ4n) is 15.9. The normalized spacial score (nSPS) is 23.2. The zero-order valence-electron chi connectivity index (χ0n) is 49.6. The lowest BCUT2D eigenvalue weighted by Gasteiger charge is -2.47. The average Bonchev–Trinajstić information content (AvgIpc) is 3.84. The largest absolute Gasteiger partial charge is 0.311 e. The third-order valence-electron chi connectivity index (χ3n) is 21.2. The van der Waals surface area contributed by atoms with E-state index in [0.717, 1.165) is 0 Å². The van der Waals surface area contributed by atoms with Crippen molar-refractivity contribution < 1.29 is 0 Å². The van der Waals surface area contributed by atoms with Gasteiger partial charge in [-0.15, -0.1) is 11.3 Å². The van der Waals surface area contributed by atoms with Gasteiger partial charge in [0.15, 0.2) is 0 Å². The van der Waals surface area contributed by atoms with Gasteiger partial charge in [0.05, 0.1) is 5.69 Å². The lowest BCUT2D eigenvalue weighted by atomic mass is 9.35. The molecule has 13 rings (SSSR count). The Morgan fingerprint density at radius 3 is 1.55 bits per heavy atom. The molecule has 4 unspecified atom stereocenters. The lowest BCUT2D eigenvalue weighted by Crippen LogP contribution is -2.60. The van der Waals surface area contributed by atoms with Crippen LogP contribution in [0.25, 0.3) is 21.2 Å². The predicted octanol–water partition coefficient (Wildman–Crippen LogP) is 19.2. The highest BCUT2D eigenvalue weighted by molar-refractivity contribution is 7.33. The quantitative estimate of drug-likeness (QED) is 0.129. The lowest BCUT2D eigenvalue weighted by molar-refractivity contribution is 0.433. The van der Waals surface area contributed by atoms with Crippen molar-refractivity contribution in [3.63, 3.8) is 0 Å². The van der Waals surface area contributed by atoms with Gasteiger partial charge in [-0.25, -0.2) is 0 Å². The van der Waals surface area contributed by atoms with E-state index in [4.69, 9.17) is 0 Å². The summed E-state index contributed by atoms with van der Waals surface area (Å²) < 4.78 is 2.84. The molecule has 6 aliphatic rings. The average molecular weight is 1020 g/mol. The summed E-state index contributed by atoms with van der Waals surface area (Å²) in [5.41, 5.74) is 29.2. The van der Waals surface area contributed by atoms with E-state index in [-0.39, 0.29) is 39.2 Å². The summed E-state index contributed by atoms with van der Waals surface area (Å²) in [6.45, 7) is 44.4. The van der Waals surface area contributed by atoms with E-state index in [2.05, 4.69) is 237 Å². The molecule has 0 radical (unpaired) electrons. The van der Waals surface area contributed by atoms with Crippen LogP contribution in [0.5, 0.6) is 0 Å². The summed E-state index contributed by atoms with van der Waals surface area (Å²) >= 11 is 2.05. The Morgan fingerprint density at radius 1 is 0.487 bits per heavy atom. The molecule has 3 heterocycles. The van der Waals surface area contributed by atoms with Crippen LogP contribution in [0, 0.1) is 0 Å². The second kappa shape index (κ2) is 16.3. The highest BCUT2D eigenvalue weighted by Gasteiger charge is 2.50. The Morgan fingerprint density at radius 2 is 0.987 bits per heavy atom. The molecule has 7 aromatic rings. The maximum atomic E-state index is 2.81. The van der Waals surface area contributed by atoms with Crippen LogP contribution in [0.1, 0.15) is 242 Å². The van der Waals surface area contributed by atoms with E-state index in [1.165, 1.54) is 137 Å². The molecule has 0 spiro atoms. The first-order valence-electron chi connectivity index (χ1n) is 29.6. The topological polar surface area (TPSA) is 6.48 Å². The molecule has 6 aromatic carbocycles. The van der Waals surface area contributed by atoms with E-state index in [1.54, 1.807) is 27.8 Å². The minimum Gasteiger partial charge on any atom is -0.311 e. The number of fused-ring (bicyclic) bond motifs is 10. The molecule has 4 heteroatoms. The summed E-state index contributed by atoms with van der Waals surface area (Å²) in [5, 5.41) is 1.37. The smallest absolute Gasteiger partial charge is 0.264 e. The molecular weight excluding hydrogens is 936 g/mol. The van der Waals surface area contributed by atoms with E-state index < -0.39 is 0 Å². The summed E-state index contributed by atoms with van der Waals surface area (Å²) in [6.07, 6.45) is 7.26. The Balaban J connectivity index is 1.21. The third-order valence-corrected chi connectivity index (χ3v) is 22.4. The molecule has 4 aliphatic carbocycles. The fraction of sp³-hybridized carbons (Fsp3) is 0.472. The van der Waals surface area contributed by atoms with Gasteiger partial charge in [-0.2, -0.15) is 0 Å². The Kier molecular flexibility index (Phi) is 10.8. The van der Waals surface area contributed by atoms with Gasteiger partial charge < -0.3 is 9.80 Å². The number of anilines is 6. The van der Waals surface area contributed by atoms with Gasteiger partial charge in [-0.3, -0.25) is 0 Å². The first kappa shape index (κ1) is 50.4. The van der Waals surface area contributed by atoms with E-state index in [0.29, 0.717) is 23.7 Å². The molecule has 392 valence electrons. The zero-order valence-corrected chi connectivity index (χ0v) is 50.4. The molecular formula is C72H85BN2S. The first-order chi connectivity index (χ1) is 35.6. The van der Waals surface area contributed by atoms with Crippen LogP contribution in [-0.4, -0.2) is 6.71 Å².